The van der Waals surface area contributed by atoms with Crippen molar-refractivity contribution in [2.75, 3.05) is 6.54 Å². The van der Waals surface area contributed by atoms with E-state index in [1.165, 1.54) is 12.1 Å². The number of ether oxygens (including phenoxy) is 2. The first-order chi connectivity index (χ1) is 13.6. The number of carbonyl (C=O) groups excluding carboxylic acids is 2. The Morgan fingerprint density at radius 2 is 1.47 bits per heavy atom. The standard InChI is InChI=1S/C21H31NO7S/c1-20(2,3)28-18(24)22(19(25)29-21(4,5)6)14-12-16(23)13-15-30(26,27)17-10-8-7-9-11-17/h7-11,13,15-16,23H,12,14H2,1-6H3/b15-13+. The van der Waals surface area contributed by atoms with E-state index in [4.69, 9.17) is 9.47 Å². The third-order valence-electron chi connectivity index (χ3n) is 3.43. The lowest BCUT2D eigenvalue weighted by molar-refractivity contribution is -0.0000855. The molecule has 0 heterocycles. The van der Waals surface area contributed by atoms with Crippen LogP contribution >= 0.6 is 0 Å². The number of aliphatic hydroxyl groups excluding tert-OH is 1. The van der Waals surface area contributed by atoms with Crippen LogP contribution in [0, 0.1) is 0 Å². The molecule has 0 fully saturated rings. The summed E-state index contributed by atoms with van der Waals surface area (Å²) in [4.78, 5) is 25.7. The molecule has 1 atom stereocenters. The first kappa shape index (κ1) is 25.6. The van der Waals surface area contributed by atoms with Crippen LogP contribution in [-0.4, -0.2) is 54.5 Å². The van der Waals surface area contributed by atoms with Gasteiger partial charge in [0.15, 0.2) is 9.84 Å². The van der Waals surface area contributed by atoms with E-state index >= 15 is 0 Å². The van der Waals surface area contributed by atoms with Gasteiger partial charge in [-0.05, 0) is 66.2 Å². The Bertz CT molecular complexity index is 822. The fourth-order valence-electron chi connectivity index (χ4n) is 2.13. The number of aliphatic hydroxyl groups is 1. The zero-order chi connectivity index (χ0) is 23.2. The van der Waals surface area contributed by atoms with Crippen molar-refractivity contribution in [1.29, 1.82) is 0 Å². The van der Waals surface area contributed by atoms with Gasteiger partial charge >= 0.3 is 12.2 Å². The Labute approximate surface area is 178 Å². The summed E-state index contributed by atoms with van der Waals surface area (Å²) >= 11 is 0. The molecule has 0 saturated heterocycles. The first-order valence-corrected chi connectivity index (χ1v) is 11.1. The molecule has 30 heavy (non-hydrogen) atoms. The molecule has 1 aromatic carbocycles. The van der Waals surface area contributed by atoms with Crippen LogP contribution < -0.4 is 0 Å². The van der Waals surface area contributed by atoms with Crippen LogP contribution in [0.15, 0.2) is 46.7 Å². The maximum Gasteiger partial charge on any atom is 0.419 e. The van der Waals surface area contributed by atoms with Crippen LogP contribution in [0.3, 0.4) is 0 Å². The quantitative estimate of drug-likeness (QED) is 0.713. The third-order valence-corrected chi connectivity index (χ3v) is 4.87. The number of hydrogen-bond donors (Lipinski definition) is 1. The molecule has 2 amide bonds. The number of amides is 2. The van der Waals surface area contributed by atoms with Crippen LogP contribution in [0.25, 0.3) is 0 Å². The Hall–Kier alpha value is -2.39. The summed E-state index contributed by atoms with van der Waals surface area (Å²) in [6.45, 7) is 9.72. The molecule has 0 aliphatic carbocycles. The fraction of sp³-hybridized carbons (Fsp3) is 0.524. The van der Waals surface area contributed by atoms with Crippen molar-refractivity contribution in [3.8, 4) is 0 Å². The first-order valence-electron chi connectivity index (χ1n) is 9.51. The molecule has 168 valence electrons. The molecule has 0 saturated carbocycles. The van der Waals surface area contributed by atoms with Gasteiger partial charge in [-0.2, -0.15) is 0 Å². The summed E-state index contributed by atoms with van der Waals surface area (Å²) in [5, 5.41) is 11.1. The smallest absolute Gasteiger partial charge is 0.419 e. The van der Waals surface area contributed by atoms with Gasteiger partial charge in [0.1, 0.15) is 11.2 Å². The van der Waals surface area contributed by atoms with Gasteiger partial charge in [-0.3, -0.25) is 0 Å². The summed E-state index contributed by atoms with van der Waals surface area (Å²) < 4.78 is 35.0. The Morgan fingerprint density at radius 1 is 1.00 bits per heavy atom. The summed E-state index contributed by atoms with van der Waals surface area (Å²) in [5.74, 6) is 0. The maximum atomic E-state index is 12.4. The maximum absolute atomic E-state index is 12.4. The van der Waals surface area contributed by atoms with Crippen molar-refractivity contribution in [1.82, 2.24) is 4.90 Å². The lowest BCUT2D eigenvalue weighted by Gasteiger charge is -2.28. The summed E-state index contributed by atoms with van der Waals surface area (Å²) in [5.41, 5.74) is -1.67. The van der Waals surface area contributed by atoms with Crippen LogP contribution in [-0.2, 0) is 19.3 Å². The minimum absolute atomic E-state index is 0.0950. The van der Waals surface area contributed by atoms with Crippen molar-refractivity contribution in [3.05, 3.63) is 41.8 Å². The zero-order valence-corrected chi connectivity index (χ0v) is 19.1. The molecular weight excluding hydrogens is 410 g/mol. The van der Waals surface area contributed by atoms with Gasteiger partial charge in [0.05, 0.1) is 11.0 Å². The Kier molecular flexibility index (Phi) is 8.62. The molecule has 1 rings (SSSR count). The largest absolute Gasteiger partial charge is 0.443 e. The van der Waals surface area contributed by atoms with Crippen LogP contribution in [0.2, 0.25) is 0 Å². The SMILES string of the molecule is CC(C)(C)OC(=O)N(CCC(O)/C=C/S(=O)(=O)c1ccccc1)C(=O)OC(C)(C)C. The number of carbonyl (C=O) groups is 2. The van der Waals surface area contributed by atoms with Crippen molar-refractivity contribution >= 4 is 22.0 Å². The van der Waals surface area contributed by atoms with Gasteiger partial charge in [-0.25, -0.2) is 22.9 Å². The van der Waals surface area contributed by atoms with Crippen LogP contribution in [0.5, 0.6) is 0 Å². The number of sulfone groups is 1. The van der Waals surface area contributed by atoms with Crippen LogP contribution in [0.1, 0.15) is 48.0 Å². The molecule has 0 aliphatic rings. The van der Waals surface area contributed by atoms with Gasteiger partial charge in [-0.15, -0.1) is 0 Å². The number of hydrogen-bond acceptors (Lipinski definition) is 7. The summed E-state index contributed by atoms with van der Waals surface area (Å²) in [7, 11) is -3.71. The zero-order valence-electron chi connectivity index (χ0n) is 18.3. The lowest BCUT2D eigenvalue weighted by atomic mass is 10.2. The van der Waals surface area contributed by atoms with Gasteiger partial charge in [0, 0.05) is 12.0 Å². The van der Waals surface area contributed by atoms with Gasteiger partial charge < -0.3 is 14.6 Å². The van der Waals surface area contributed by atoms with E-state index in [0.29, 0.717) is 0 Å². The summed E-state index contributed by atoms with van der Waals surface area (Å²) in [6, 6.07) is 7.77. The average Bonchev–Trinajstić information content (AvgIpc) is 2.58. The topological polar surface area (TPSA) is 110 Å². The molecule has 1 unspecified atom stereocenters. The second-order valence-electron chi connectivity index (χ2n) is 8.65. The molecule has 0 aliphatic heterocycles. The molecular formula is C21H31NO7S. The van der Waals surface area contributed by atoms with Gasteiger partial charge in [0.25, 0.3) is 0 Å². The van der Waals surface area contributed by atoms with Crippen molar-refractivity contribution in [2.24, 2.45) is 0 Å². The van der Waals surface area contributed by atoms with E-state index in [1.807, 2.05) is 0 Å². The van der Waals surface area contributed by atoms with Crippen molar-refractivity contribution in [2.45, 2.75) is 70.2 Å². The molecule has 0 radical (unpaired) electrons. The highest BCUT2D eigenvalue weighted by Gasteiger charge is 2.31. The fourth-order valence-corrected chi connectivity index (χ4v) is 3.21. The average molecular weight is 442 g/mol. The molecule has 1 aromatic rings. The number of rotatable bonds is 6. The highest BCUT2D eigenvalue weighted by molar-refractivity contribution is 7.94. The Balaban J connectivity index is 2.86. The van der Waals surface area contributed by atoms with Crippen LogP contribution in [0.4, 0.5) is 9.59 Å². The number of benzene rings is 1. The van der Waals surface area contributed by atoms with E-state index in [0.717, 1.165) is 16.4 Å². The second kappa shape index (κ2) is 10.1. The highest BCUT2D eigenvalue weighted by atomic mass is 32.2. The van der Waals surface area contributed by atoms with Gasteiger partial charge in [0.2, 0.25) is 0 Å². The molecule has 9 heteroatoms. The van der Waals surface area contributed by atoms with Gasteiger partial charge in [-0.1, -0.05) is 18.2 Å². The van der Waals surface area contributed by atoms with Crippen molar-refractivity contribution < 1.29 is 32.6 Å². The lowest BCUT2D eigenvalue weighted by Crippen LogP contribution is -2.44. The number of imide groups is 1. The van der Waals surface area contributed by atoms with E-state index in [2.05, 4.69) is 0 Å². The highest BCUT2D eigenvalue weighted by Crippen LogP contribution is 2.16. The number of nitrogens with zero attached hydrogens (tertiary/aromatic N) is 1. The van der Waals surface area contributed by atoms with Crippen molar-refractivity contribution in [3.63, 3.8) is 0 Å². The monoisotopic (exact) mass is 441 g/mol. The Morgan fingerprint density at radius 3 is 1.90 bits per heavy atom. The minimum Gasteiger partial charge on any atom is -0.443 e. The van der Waals surface area contributed by atoms with E-state index in [9.17, 15) is 23.1 Å². The second-order valence-corrected chi connectivity index (χ2v) is 10.5. The molecule has 1 N–H and O–H groups in total. The third kappa shape index (κ3) is 9.41. The molecule has 0 aromatic heterocycles. The normalized spacial score (nSPS) is 13.7. The van der Waals surface area contributed by atoms with E-state index in [-0.39, 0.29) is 17.9 Å². The predicted octanol–water partition coefficient (Wildman–Crippen LogP) is 3.90. The minimum atomic E-state index is -3.71. The summed E-state index contributed by atoms with van der Waals surface area (Å²) in [6.07, 6.45) is -2.03. The predicted molar refractivity (Wildman–Crippen MR) is 113 cm³/mol. The van der Waals surface area contributed by atoms with E-state index in [1.54, 1.807) is 59.7 Å². The van der Waals surface area contributed by atoms with E-state index < -0.39 is 39.3 Å². The molecule has 8 nitrogen and oxygen atoms in total. The molecule has 0 spiro atoms. The molecule has 0 bridgehead atoms.